The van der Waals surface area contributed by atoms with Crippen molar-refractivity contribution in [2.45, 2.75) is 52.5 Å². The summed E-state index contributed by atoms with van der Waals surface area (Å²) >= 11 is 0. The van der Waals surface area contributed by atoms with Crippen molar-refractivity contribution in [3.8, 4) is 0 Å². The molecule has 0 aromatic heterocycles. The highest BCUT2D eigenvalue weighted by Crippen LogP contribution is 2.24. The lowest BCUT2D eigenvalue weighted by molar-refractivity contribution is -0.137. The van der Waals surface area contributed by atoms with E-state index >= 15 is 0 Å². The highest BCUT2D eigenvalue weighted by atomic mass is 16.4. The van der Waals surface area contributed by atoms with Gasteiger partial charge in [-0.1, -0.05) is 13.8 Å². The largest absolute Gasteiger partial charge is 0.481 e. The second-order valence-corrected chi connectivity index (χ2v) is 5.40. The summed E-state index contributed by atoms with van der Waals surface area (Å²) < 4.78 is 0. The van der Waals surface area contributed by atoms with Crippen molar-refractivity contribution in [3.63, 3.8) is 0 Å². The van der Waals surface area contributed by atoms with Crippen molar-refractivity contribution in [1.29, 1.82) is 0 Å². The number of carboxylic acid groups (broad SMARTS) is 1. The Labute approximate surface area is 98.8 Å². The van der Waals surface area contributed by atoms with Crippen LogP contribution in [0.3, 0.4) is 0 Å². The average molecular weight is 227 g/mol. The van der Waals surface area contributed by atoms with Gasteiger partial charge in [-0.3, -0.25) is 4.79 Å². The third-order valence-corrected chi connectivity index (χ3v) is 3.96. The number of nitrogens with zero attached hydrogens (tertiary/aromatic N) is 1. The van der Waals surface area contributed by atoms with E-state index in [9.17, 15) is 4.79 Å². The van der Waals surface area contributed by atoms with Crippen LogP contribution in [-0.4, -0.2) is 35.1 Å². The molecule has 16 heavy (non-hydrogen) atoms. The first-order valence-electron chi connectivity index (χ1n) is 6.46. The van der Waals surface area contributed by atoms with Crippen LogP contribution in [0.1, 0.15) is 46.5 Å². The van der Waals surface area contributed by atoms with Crippen LogP contribution in [0.25, 0.3) is 0 Å². The summed E-state index contributed by atoms with van der Waals surface area (Å²) in [4.78, 5) is 13.0. The smallest absolute Gasteiger partial charge is 0.303 e. The van der Waals surface area contributed by atoms with E-state index in [0.29, 0.717) is 24.3 Å². The molecule has 0 saturated carbocycles. The van der Waals surface area contributed by atoms with Gasteiger partial charge in [-0.2, -0.15) is 0 Å². The molecule has 0 amide bonds. The quantitative estimate of drug-likeness (QED) is 0.785. The maximum atomic E-state index is 10.5. The number of hydrogen-bond acceptors (Lipinski definition) is 2. The van der Waals surface area contributed by atoms with Gasteiger partial charge in [0.1, 0.15) is 0 Å². The van der Waals surface area contributed by atoms with Gasteiger partial charge in [0.05, 0.1) is 0 Å². The van der Waals surface area contributed by atoms with E-state index in [1.807, 2.05) is 0 Å². The van der Waals surface area contributed by atoms with Crippen molar-refractivity contribution in [2.24, 2.45) is 11.8 Å². The van der Waals surface area contributed by atoms with Crippen LogP contribution < -0.4 is 0 Å². The molecule has 0 aromatic carbocycles. The Bertz CT molecular complexity index is 220. The molecule has 1 rings (SSSR count). The lowest BCUT2D eigenvalue weighted by Crippen LogP contribution is -2.42. The summed E-state index contributed by atoms with van der Waals surface area (Å²) in [5.41, 5.74) is 0. The van der Waals surface area contributed by atoms with Crippen molar-refractivity contribution in [2.75, 3.05) is 13.1 Å². The van der Waals surface area contributed by atoms with Crippen LogP contribution in [0, 0.1) is 11.8 Å². The van der Waals surface area contributed by atoms with Gasteiger partial charge in [-0.05, 0) is 51.1 Å². The minimum Gasteiger partial charge on any atom is -0.481 e. The van der Waals surface area contributed by atoms with Crippen LogP contribution in [0.15, 0.2) is 0 Å². The Kier molecular flexibility index (Phi) is 5.26. The van der Waals surface area contributed by atoms with Crippen LogP contribution >= 0.6 is 0 Å². The zero-order valence-electron chi connectivity index (χ0n) is 10.8. The fourth-order valence-corrected chi connectivity index (χ4v) is 2.40. The number of likely N-dealkylation sites (tertiary alicyclic amines) is 1. The van der Waals surface area contributed by atoms with Gasteiger partial charge in [0.25, 0.3) is 0 Å². The molecule has 0 radical (unpaired) electrons. The van der Waals surface area contributed by atoms with Crippen molar-refractivity contribution < 1.29 is 9.90 Å². The standard InChI is InChI=1S/C13H25NO2/c1-10(2)11(3)14-8-6-12(7-9-14)4-5-13(15)16/h10-12H,4-9H2,1-3H3,(H,15,16). The molecule has 1 aliphatic rings. The maximum Gasteiger partial charge on any atom is 0.303 e. The van der Waals surface area contributed by atoms with Crippen LogP contribution in [-0.2, 0) is 4.79 Å². The summed E-state index contributed by atoms with van der Waals surface area (Å²) in [6.45, 7) is 9.11. The summed E-state index contributed by atoms with van der Waals surface area (Å²) in [7, 11) is 0. The minimum atomic E-state index is -0.655. The van der Waals surface area contributed by atoms with E-state index in [1.54, 1.807) is 0 Å². The highest BCUT2D eigenvalue weighted by molar-refractivity contribution is 5.66. The van der Waals surface area contributed by atoms with Crippen molar-refractivity contribution >= 4 is 5.97 Å². The van der Waals surface area contributed by atoms with Gasteiger partial charge in [-0.25, -0.2) is 0 Å². The van der Waals surface area contributed by atoms with Crippen molar-refractivity contribution in [1.82, 2.24) is 4.90 Å². The molecular weight excluding hydrogens is 202 g/mol. The zero-order chi connectivity index (χ0) is 12.1. The number of aliphatic carboxylic acids is 1. The van der Waals surface area contributed by atoms with Crippen molar-refractivity contribution in [3.05, 3.63) is 0 Å². The molecule has 1 atom stereocenters. The number of carbonyl (C=O) groups is 1. The van der Waals surface area contributed by atoms with E-state index in [0.717, 1.165) is 19.5 Å². The van der Waals surface area contributed by atoms with Gasteiger partial charge in [0.15, 0.2) is 0 Å². The lowest BCUT2D eigenvalue weighted by atomic mass is 9.90. The SMILES string of the molecule is CC(C)C(C)N1CCC(CCC(=O)O)CC1. The molecular formula is C13H25NO2. The minimum absolute atomic E-state index is 0.338. The zero-order valence-corrected chi connectivity index (χ0v) is 10.8. The normalized spacial score (nSPS) is 21.2. The Hall–Kier alpha value is -0.570. The molecule has 0 aliphatic carbocycles. The fraction of sp³-hybridized carbons (Fsp3) is 0.923. The lowest BCUT2D eigenvalue weighted by Gasteiger charge is -2.37. The van der Waals surface area contributed by atoms with Crippen LogP contribution in [0.2, 0.25) is 0 Å². The highest BCUT2D eigenvalue weighted by Gasteiger charge is 2.24. The van der Waals surface area contributed by atoms with Gasteiger partial charge >= 0.3 is 5.97 Å². The first-order valence-corrected chi connectivity index (χ1v) is 6.46. The Morgan fingerprint density at radius 2 is 1.88 bits per heavy atom. The molecule has 0 aromatic rings. The molecule has 1 fully saturated rings. The number of hydrogen-bond donors (Lipinski definition) is 1. The molecule has 1 unspecified atom stereocenters. The molecule has 1 saturated heterocycles. The van der Waals surface area contributed by atoms with E-state index in [-0.39, 0.29) is 0 Å². The number of carboxylic acids is 1. The molecule has 1 heterocycles. The van der Waals surface area contributed by atoms with E-state index < -0.39 is 5.97 Å². The molecule has 3 heteroatoms. The molecule has 94 valence electrons. The Morgan fingerprint density at radius 1 is 1.31 bits per heavy atom. The average Bonchev–Trinajstić information content (AvgIpc) is 2.26. The van der Waals surface area contributed by atoms with E-state index in [4.69, 9.17) is 5.11 Å². The number of piperidine rings is 1. The fourth-order valence-electron chi connectivity index (χ4n) is 2.40. The molecule has 1 aliphatic heterocycles. The van der Waals surface area contributed by atoms with Gasteiger partial charge < -0.3 is 10.0 Å². The second kappa shape index (κ2) is 6.24. The van der Waals surface area contributed by atoms with Gasteiger partial charge in [0.2, 0.25) is 0 Å². The van der Waals surface area contributed by atoms with E-state index in [1.165, 1.54) is 12.8 Å². The Balaban J connectivity index is 2.25. The van der Waals surface area contributed by atoms with Gasteiger partial charge in [0, 0.05) is 12.5 Å². The predicted octanol–water partition coefficient (Wildman–Crippen LogP) is 2.61. The second-order valence-electron chi connectivity index (χ2n) is 5.40. The molecule has 1 N–H and O–H groups in total. The molecule has 0 spiro atoms. The topological polar surface area (TPSA) is 40.5 Å². The predicted molar refractivity (Wildman–Crippen MR) is 65.5 cm³/mol. The molecule has 3 nitrogen and oxygen atoms in total. The Morgan fingerprint density at radius 3 is 2.31 bits per heavy atom. The monoisotopic (exact) mass is 227 g/mol. The third kappa shape index (κ3) is 4.12. The first kappa shape index (κ1) is 13.5. The van der Waals surface area contributed by atoms with Crippen LogP contribution in [0.4, 0.5) is 0 Å². The van der Waals surface area contributed by atoms with Gasteiger partial charge in [-0.15, -0.1) is 0 Å². The summed E-state index contributed by atoms with van der Waals surface area (Å²) in [5.74, 6) is 0.681. The van der Waals surface area contributed by atoms with E-state index in [2.05, 4.69) is 25.7 Å². The molecule has 0 bridgehead atoms. The summed E-state index contributed by atoms with van der Waals surface area (Å²) in [6.07, 6.45) is 3.54. The number of rotatable bonds is 5. The summed E-state index contributed by atoms with van der Waals surface area (Å²) in [6, 6.07) is 0.653. The third-order valence-electron chi connectivity index (χ3n) is 3.96. The van der Waals surface area contributed by atoms with Crippen LogP contribution in [0.5, 0.6) is 0 Å². The maximum absolute atomic E-state index is 10.5. The summed E-state index contributed by atoms with van der Waals surface area (Å²) in [5, 5.41) is 8.65. The first-order chi connectivity index (χ1) is 7.50.